The molecule has 2 aromatic rings. The van der Waals surface area contributed by atoms with Gasteiger partial charge in [0.25, 0.3) is 0 Å². The second-order valence-corrected chi connectivity index (χ2v) is 4.57. The van der Waals surface area contributed by atoms with Gasteiger partial charge in [0.05, 0.1) is 0 Å². The van der Waals surface area contributed by atoms with Crippen molar-refractivity contribution in [1.29, 1.82) is 0 Å². The molecule has 4 heteroatoms. The molecule has 20 heavy (non-hydrogen) atoms. The minimum Gasteiger partial charge on any atom is -0.508 e. The number of rotatable bonds is 5. The molecule has 2 aromatic carbocycles. The van der Waals surface area contributed by atoms with Crippen LogP contribution in [0.2, 0.25) is 0 Å². The van der Waals surface area contributed by atoms with Crippen molar-refractivity contribution in [3.05, 3.63) is 59.7 Å². The van der Waals surface area contributed by atoms with Crippen LogP contribution in [0.25, 0.3) is 0 Å². The van der Waals surface area contributed by atoms with E-state index in [1.54, 1.807) is 24.3 Å². The van der Waals surface area contributed by atoms with E-state index in [0.717, 1.165) is 11.1 Å². The van der Waals surface area contributed by atoms with Gasteiger partial charge in [-0.1, -0.05) is 24.3 Å². The molecule has 0 aliphatic heterocycles. The van der Waals surface area contributed by atoms with E-state index in [2.05, 4.69) is 0 Å². The van der Waals surface area contributed by atoms with Gasteiger partial charge in [0, 0.05) is 12.1 Å². The lowest BCUT2D eigenvalue weighted by Gasteiger charge is -2.06. The lowest BCUT2D eigenvalue weighted by Crippen LogP contribution is -2.06. The minimum absolute atomic E-state index is 0.167. The number of carbonyl (C=O) groups is 1. The van der Waals surface area contributed by atoms with Crippen molar-refractivity contribution in [2.24, 2.45) is 0 Å². The first-order valence-corrected chi connectivity index (χ1v) is 6.41. The number of anilines is 1. The van der Waals surface area contributed by atoms with E-state index in [-0.39, 0.29) is 18.3 Å². The number of hydrogen-bond donors (Lipinski definition) is 2. The Bertz CT molecular complexity index is 579. The highest BCUT2D eigenvalue weighted by molar-refractivity contribution is 5.69. The van der Waals surface area contributed by atoms with Crippen LogP contribution in [-0.4, -0.2) is 11.1 Å². The van der Waals surface area contributed by atoms with Crippen LogP contribution in [0.1, 0.15) is 17.5 Å². The second-order valence-electron chi connectivity index (χ2n) is 4.57. The van der Waals surface area contributed by atoms with Gasteiger partial charge in [-0.25, -0.2) is 0 Å². The number of aryl methyl sites for hydroxylation is 1. The van der Waals surface area contributed by atoms with Gasteiger partial charge in [-0.15, -0.1) is 0 Å². The van der Waals surface area contributed by atoms with Gasteiger partial charge in [0.1, 0.15) is 12.4 Å². The Hall–Kier alpha value is -2.49. The molecule has 0 aliphatic carbocycles. The molecule has 2 rings (SSSR count). The van der Waals surface area contributed by atoms with Crippen LogP contribution in [0.5, 0.6) is 5.75 Å². The number of esters is 1. The molecule has 104 valence electrons. The quantitative estimate of drug-likeness (QED) is 0.647. The van der Waals surface area contributed by atoms with Crippen LogP contribution < -0.4 is 5.73 Å². The molecule has 0 fully saturated rings. The van der Waals surface area contributed by atoms with Crippen LogP contribution in [0.15, 0.2) is 48.5 Å². The van der Waals surface area contributed by atoms with E-state index in [4.69, 9.17) is 10.5 Å². The summed E-state index contributed by atoms with van der Waals surface area (Å²) in [5.74, 6) is -0.0920. The van der Waals surface area contributed by atoms with Crippen LogP contribution in [0.3, 0.4) is 0 Å². The summed E-state index contributed by atoms with van der Waals surface area (Å²) in [5, 5.41) is 9.30. The molecule has 0 bridgehead atoms. The summed E-state index contributed by atoms with van der Waals surface area (Å²) in [6.07, 6.45) is 0.946. The van der Waals surface area contributed by atoms with Crippen molar-refractivity contribution in [1.82, 2.24) is 0 Å². The maximum absolute atomic E-state index is 11.6. The molecule has 0 saturated heterocycles. The maximum Gasteiger partial charge on any atom is 0.306 e. The van der Waals surface area contributed by atoms with Crippen molar-refractivity contribution in [2.75, 3.05) is 5.73 Å². The summed E-state index contributed by atoms with van der Waals surface area (Å²) in [7, 11) is 0. The third-order valence-electron chi connectivity index (χ3n) is 2.91. The van der Waals surface area contributed by atoms with Crippen LogP contribution in [0, 0.1) is 0 Å². The molecule has 0 heterocycles. The predicted octanol–water partition coefficient (Wildman–Crippen LogP) is 2.65. The summed E-state index contributed by atoms with van der Waals surface area (Å²) in [6, 6.07) is 14.1. The van der Waals surface area contributed by atoms with E-state index in [9.17, 15) is 9.90 Å². The fraction of sp³-hybridized carbons (Fsp3) is 0.188. The third-order valence-corrected chi connectivity index (χ3v) is 2.91. The Balaban J connectivity index is 1.77. The molecule has 0 amide bonds. The number of hydrogen-bond acceptors (Lipinski definition) is 4. The average molecular weight is 271 g/mol. The fourth-order valence-corrected chi connectivity index (χ4v) is 1.81. The second kappa shape index (κ2) is 6.61. The molecule has 0 saturated carbocycles. The standard InChI is InChI=1S/C16H17NO3/c17-14-7-4-12(5-8-14)6-9-16(19)20-11-13-2-1-3-15(18)10-13/h1-5,7-8,10,18H,6,9,11,17H2. The fourth-order valence-electron chi connectivity index (χ4n) is 1.81. The SMILES string of the molecule is Nc1ccc(CCC(=O)OCc2cccc(O)c2)cc1. The highest BCUT2D eigenvalue weighted by Crippen LogP contribution is 2.12. The molecule has 3 N–H and O–H groups in total. The van der Waals surface area contributed by atoms with E-state index < -0.39 is 0 Å². The maximum atomic E-state index is 11.6. The van der Waals surface area contributed by atoms with Gasteiger partial charge in [-0.2, -0.15) is 0 Å². The average Bonchev–Trinajstić information content (AvgIpc) is 2.45. The van der Waals surface area contributed by atoms with Crippen LogP contribution in [0.4, 0.5) is 5.69 Å². The number of nitrogens with two attached hydrogens (primary N) is 1. The predicted molar refractivity (Wildman–Crippen MR) is 77.1 cm³/mol. The first-order valence-electron chi connectivity index (χ1n) is 6.41. The van der Waals surface area contributed by atoms with Gasteiger partial charge in [-0.3, -0.25) is 4.79 Å². The number of benzene rings is 2. The molecular weight excluding hydrogens is 254 g/mol. The zero-order chi connectivity index (χ0) is 14.4. The molecule has 0 aliphatic rings. The molecule has 0 spiro atoms. The number of carbonyl (C=O) groups excluding carboxylic acids is 1. The number of aromatic hydroxyl groups is 1. The zero-order valence-corrected chi connectivity index (χ0v) is 11.1. The highest BCUT2D eigenvalue weighted by atomic mass is 16.5. The monoisotopic (exact) mass is 271 g/mol. The van der Waals surface area contributed by atoms with Crippen LogP contribution in [-0.2, 0) is 22.6 Å². The Kier molecular flexibility index (Phi) is 4.60. The smallest absolute Gasteiger partial charge is 0.306 e. The number of ether oxygens (including phenoxy) is 1. The minimum atomic E-state index is -0.259. The van der Waals surface area contributed by atoms with E-state index in [0.29, 0.717) is 18.5 Å². The molecule has 0 radical (unpaired) electrons. The van der Waals surface area contributed by atoms with Gasteiger partial charge in [-0.05, 0) is 41.8 Å². The highest BCUT2D eigenvalue weighted by Gasteiger charge is 2.04. The van der Waals surface area contributed by atoms with Gasteiger partial charge in [0.2, 0.25) is 0 Å². The van der Waals surface area contributed by atoms with Crippen molar-refractivity contribution in [2.45, 2.75) is 19.4 Å². The Morgan fingerprint density at radius 1 is 1.10 bits per heavy atom. The summed E-state index contributed by atoms with van der Waals surface area (Å²) < 4.78 is 5.15. The van der Waals surface area contributed by atoms with Crippen molar-refractivity contribution in [3.8, 4) is 5.75 Å². The Labute approximate surface area is 117 Å². The summed E-state index contributed by atoms with van der Waals surface area (Å²) >= 11 is 0. The van der Waals surface area contributed by atoms with Gasteiger partial charge >= 0.3 is 5.97 Å². The van der Waals surface area contributed by atoms with Gasteiger partial charge < -0.3 is 15.6 Å². The third kappa shape index (κ3) is 4.31. The Morgan fingerprint density at radius 3 is 2.55 bits per heavy atom. The van der Waals surface area contributed by atoms with Crippen LogP contribution >= 0.6 is 0 Å². The molecule has 4 nitrogen and oxygen atoms in total. The normalized spacial score (nSPS) is 10.2. The van der Waals surface area contributed by atoms with E-state index >= 15 is 0 Å². The van der Waals surface area contributed by atoms with Crippen molar-refractivity contribution in [3.63, 3.8) is 0 Å². The van der Waals surface area contributed by atoms with E-state index in [1.165, 1.54) is 0 Å². The topological polar surface area (TPSA) is 72.6 Å². The van der Waals surface area contributed by atoms with Crippen molar-refractivity contribution < 1.29 is 14.6 Å². The van der Waals surface area contributed by atoms with Gasteiger partial charge in [0.15, 0.2) is 0 Å². The number of nitrogen functional groups attached to an aromatic ring is 1. The Morgan fingerprint density at radius 2 is 1.85 bits per heavy atom. The first kappa shape index (κ1) is 13.9. The summed E-state index contributed by atoms with van der Waals surface area (Å²) in [5.41, 5.74) is 8.12. The number of phenols is 1. The lowest BCUT2D eigenvalue weighted by molar-refractivity contribution is -0.144. The number of phenolic OH excluding ortho intramolecular Hbond substituents is 1. The molecule has 0 atom stereocenters. The summed E-state index contributed by atoms with van der Waals surface area (Å²) in [6.45, 7) is 0.176. The summed E-state index contributed by atoms with van der Waals surface area (Å²) in [4.78, 5) is 11.6. The molecule has 0 aromatic heterocycles. The lowest BCUT2D eigenvalue weighted by atomic mass is 10.1. The van der Waals surface area contributed by atoms with E-state index in [1.807, 2.05) is 24.3 Å². The molecular formula is C16H17NO3. The first-order chi connectivity index (χ1) is 9.63. The zero-order valence-electron chi connectivity index (χ0n) is 11.1. The van der Waals surface area contributed by atoms with Crippen molar-refractivity contribution >= 4 is 11.7 Å². The largest absolute Gasteiger partial charge is 0.508 e. The molecule has 0 unspecified atom stereocenters.